The van der Waals surface area contributed by atoms with Gasteiger partial charge in [0.1, 0.15) is 17.6 Å². The predicted octanol–water partition coefficient (Wildman–Crippen LogP) is 3.92. The first-order chi connectivity index (χ1) is 11.4. The van der Waals surface area contributed by atoms with Crippen LogP contribution in [0.15, 0.2) is 36.4 Å². The highest BCUT2D eigenvalue weighted by Crippen LogP contribution is 2.28. The van der Waals surface area contributed by atoms with Gasteiger partial charge in [-0.3, -0.25) is 0 Å². The highest BCUT2D eigenvalue weighted by Gasteiger charge is 2.14. The van der Waals surface area contributed by atoms with Crippen LogP contribution < -0.4 is 14.6 Å². The van der Waals surface area contributed by atoms with Gasteiger partial charge in [0.25, 0.3) is 0 Å². The number of hydrogen-bond acceptors (Lipinski definition) is 4. The summed E-state index contributed by atoms with van der Waals surface area (Å²) in [7, 11) is 0. The molecule has 0 N–H and O–H groups in total. The molecule has 24 heavy (non-hydrogen) atoms. The lowest BCUT2D eigenvalue weighted by Gasteiger charge is -2.21. The molecular formula is C17H14Cl3O4-. The van der Waals surface area contributed by atoms with Gasteiger partial charge in [-0.1, -0.05) is 34.8 Å². The molecule has 2 rings (SSSR count). The van der Waals surface area contributed by atoms with Gasteiger partial charge in [-0.2, -0.15) is 0 Å². The van der Waals surface area contributed by atoms with E-state index < -0.39 is 12.1 Å². The minimum absolute atomic E-state index is 0.0867. The van der Waals surface area contributed by atoms with Crippen LogP contribution in [0.5, 0.6) is 11.5 Å². The number of carbonyl (C=O) groups excluding carboxylic acids is 1. The number of rotatable bonds is 7. The maximum atomic E-state index is 11.3. The Morgan fingerprint density at radius 1 is 1.08 bits per heavy atom. The van der Waals surface area contributed by atoms with Crippen molar-refractivity contribution < 1.29 is 19.4 Å². The van der Waals surface area contributed by atoms with E-state index in [-0.39, 0.29) is 13.0 Å². The highest BCUT2D eigenvalue weighted by molar-refractivity contribution is 6.35. The molecule has 0 bridgehead atoms. The van der Waals surface area contributed by atoms with Crippen LogP contribution in [0.2, 0.25) is 15.1 Å². The molecule has 0 spiro atoms. The quantitative estimate of drug-likeness (QED) is 0.721. The molecule has 0 saturated heterocycles. The number of carboxylic acids is 1. The summed E-state index contributed by atoms with van der Waals surface area (Å²) < 4.78 is 11.0. The maximum Gasteiger partial charge on any atom is 0.141 e. The van der Waals surface area contributed by atoms with E-state index in [2.05, 4.69) is 0 Å². The fourth-order valence-electron chi connectivity index (χ4n) is 1.99. The van der Waals surface area contributed by atoms with E-state index in [0.29, 0.717) is 26.6 Å². The second-order valence-corrected chi connectivity index (χ2v) is 6.33. The zero-order valence-corrected chi connectivity index (χ0v) is 15.0. The summed E-state index contributed by atoms with van der Waals surface area (Å²) in [5, 5.41) is 12.7. The Morgan fingerprint density at radius 2 is 1.71 bits per heavy atom. The topological polar surface area (TPSA) is 58.6 Å². The van der Waals surface area contributed by atoms with Gasteiger partial charge in [-0.05, 0) is 48.9 Å². The number of aliphatic carboxylic acids is 1. The molecule has 2 aromatic rings. The molecule has 1 atom stereocenters. The third kappa shape index (κ3) is 5.20. The molecule has 0 fully saturated rings. The SMILES string of the molecule is Cc1cc(Cl)ccc1OC(CCOc1ccc(Cl)cc1Cl)C(=O)[O-]. The second-order valence-electron chi connectivity index (χ2n) is 5.05. The van der Waals surface area contributed by atoms with Crippen LogP contribution >= 0.6 is 34.8 Å². The summed E-state index contributed by atoms with van der Waals surface area (Å²) in [6.45, 7) is 1.87. The number of carboxylic acid groups (broad SMARTS) is 1. The lowest BCUT2D eigenvalue weighted by Crippen LogP contribution is -2.40. The van der Waals surface area contributed by atoms with Crippen LogP contribution in [0, 0.1) is 6.92 Å². The van der Waals surface area contributed by atoms with Gasteiger partial charge in [-0.15, -0.1) is 0 Å². The number of carbonyl (C=O) groups is 1. The number of benzene rings is 2. The Balaban J connectivity index is 1.97. The van der Waals surface area contributed by atoms with Gasteiger partial charge in [0.15, 0.2) is 0 Å². The van der Waals surface area contributed by atoms with Crippen LogP contribution in [-0.2, 0) is 4.79 Å². The smallest absolute Gasteiger partial charge is 0.141 e. The largest absolute Gasteiger partial charge is 0.546 e. The molecular weight excluding hydrogens is 375 g/mol. The standard InChI is InChI=1S/C17H15Cl3O4/c1-10-8-11(18)2-4-14(10)24-16(17(21)22)6-7-23-15-5-3-12(19)9-13(15)20/h2-5,8-9,16H,6-7H2,1H3,(H,21,22)/p-1. The van der Waals surface area contributed by atoms with E-state index in [0.717, 1.165) is 5.56 Å². The summed E-state index contributed by atoms with van der Waals surface area (Å²) in [6.07, 6.45) is -1.07. The Labute approximate surface area is 154 Å². The van der Waals surface area contributed by atoms with Crippen LogP contribution in [0.25, 0.3) is 0 Å². The average Bonchev–Trinajstić information content (AvgIpc) is 2.50. The summed E-state index contributed by atoms with van der Waals surface area (Å²) >= 11 is 17.7. The van der Waals surface area contributed by atoms with Crippen molar-refractivity contribution in [2.75, 3.05) is 6.61 Å². The Hall–Kier alpha value is -1.62. The summed E-state index contributed by atoms with van der Waals surface area (Å²) in [5.74, 6) is -0.478. The zero-order valence-electron chi connectivity index (χ0n) is 12.7. The molecule has 0 heterocycles. The minimum atomic E-state index is -1.32. The molecule has 0 aromatic heterocycles. The summed E-state index contributed by atoms with van der Waals surface area (Å²) in [4.78, 5) is 11.3. The van der Waals surface area contributed by atoms with Crippen molar-refractivity contribution in [2.24, 2.45) is 0 Å². The molecule has 0 aliphatic carbocycles. The Kier molecular flexibility index (Phi) is 6.60. The minimum Gasteiger partial charge on any atom is -0.546 e. The molecule has 0 aliphatic rings. The molecule has 0 aliphatic heterocycles. The molecule has 7 heteroatoms. The first-order valence-electron chi connectivity index (χ1n) is 7.08. The van der Waals surface area contributed by atoms with Crippen LogP contribution in [0.4, 0.5) is 0 Å². The van der Waals surface area contributed by atoms with Crippen LogP contribution in [0.3, 0.4) is 0 Å². The van der Waals surface area contributed by atoms with Crippen LogP contribution in [0.1, 0.15) is 12.0 Å². The second kappa shape index (κ2) is 8.47. The first-order valence-corrected chi connectivity index (χ1v) is 8.21. The number of halogens is 3. The van der Waals surface area contributed by atoms with E-state index in [1.165, 1.54) is 0 Å². The number of aryl methyl sites for hydroxylation is 1. The van der Waals surface area contributed by atoms with E-state index >= 15 is 0 Å². The van der Waals surface area contributed by atoms with E-state index in [1.54, 1.807) is 43.3 Å². The molecule has 2 aromatic carbocycles. The lowest BCUT2D eigenvalue weighted by atomic mass is 10.2. The lowest BCUT2D eigenvalue weighted by molar-refractivity contribution is -0.314. The third-order valence-corrected chi connectivity index (χ3v) is 3.97. The predicted molar refractivity (Wildman–Crippen MR) is 92.2 cm³/mol. The van der Waals surface area contributed by atoms with Crippen molar-refractivity contribution in [1.29, 1.82) is 0 Å². The molecule has 0 amide bonds. The fourth-order valence-corrected chi connectivity index (χ4v) is 2.68. The van der Waals surface area contributed by atoms with E-state index in [4.69, 9.17) is 44.3 Å². The van der Waals surface area contributed by atoms with Crippen molar-refractivity contribution in [3.63, 3.8) is 0 Å². The van der Waals surface area contributed by atoms with Crippen molar-refractivity contribution in [2.45, 2.75) is 19.4 Å². The highest BCUT2D eigenvalue weighted by atomic mass is 35.5. The van der Waals surface area contributed by atoms with Gasteiger partial charge in [-0.25, -0.2) is 0 Å². The average molecular weight is 389 g/mol. The Morgan fingerprint density at radius 3 is 2.29 bits per heavy atom. The molecule has 4 nitrogen and oxygen atoms in total. The van der Waals surface area contributed by atoms with Crippen molar-refractivity contribution >= 4 is 40.8 Å². The summed E-state index contributed by atoms with van der Waals surface area (Å²) in [6, 6.07) is 9.72. The van der Waals surface area contributed by atoms with E-state index in [9.17, 15) is 9.90 Å². The molecule has 128 valence electrons. The van der Waals surface area contributed by atoms with Gasteiger partial charge >= 0.3 is 0 Å². The van der Waals surface area contributed by atoms with Crippen molar-refractivity contribution in [3.05, 3.63) is 57.0 Å². The zero-order chi connectivity index (χ0) is 17.7. The third-order valence-electron chi connectivity index (χ3n) is 3.20. The maximum absolute atomic E-state index is 11.3. The molecule has 0 radical (unpaired) electrons. The summed E-state index contributed by atoms with van der Waals surface area (Å²) in [5.41, 5.74) is 0.732. The van der Waals surface area contributed by atoms with Gasteiger partial charge < -0.3 is 19.4 Å². The van der Waals surface area contributed by atoms with E-state index in [1.807, 2.05) is 0 Å². The normalized spacial score (nSPS) is 11.8. The number of hydrogen-bond donors (Lipinski definition) is 0. The van der Waals surface area contributed by atoms with Crippen molar-refractivity contribution in [1.82, 2.24) is 0 Å². The molecule has 1 unspecified atom stereocenters. The fraction of sp³-hybridized carbons (Fsp3) is 0.235. The number of ether oxygens (including phenoxy) is 2. The molecule has 0 saturated carbocycles. The first kappa shape index (κ1) is 18.7. The van der Waals surface area contributed by atoms with Crippen molar-refractivity contribution in [3.8, 4) is 11.5 Å². The van der Waals surface area contributed by atoms with Crippen LogP contribution in [-0.4, -0.2) is 18.7 Å². The monoisotopic (exact) mass is 387 g/mol. The Bertz CT molecular complexity index is 734. The van der Waals surface area contributed by atoms with Gasteiger partial charge in [0, 0.05) is 16.5 Å². The van der Waals surface area contributed by atoms with Gasteiger partial charge in [0.05, 0.1) is 17.6 Å². The van der Waals surface area contributed by atoms with Gasteiger partial charge in [0.2, 0.25) is 0 Å².